The van der Waals surface area contributed by atoms with Crippen LogP contribution in [0.4, 0.5) is 8.78 Å². The zero-order chi connectivity index (χ0) is 13.8. The summed E-state index contributed by atoms with van der Waals surface area (Å²) in [7, 11) is 0. The lowest BCUT2D eigenvalue weighted by atomic mass is 9.86. The van der Waals surface area contributed by atoms with Gasteiger partial charge in [-0.25, -0.2) is 8.78 Å². The van der Waals surface area contributed by atoms with Crippen molar-refractivity contribution < 1.29 is 18.6 Å². The third kappa shape index (κ3) is 2.87. The molecule has 2 nitrogen and oxygen atoms in total. The van der Waals surface area contributed by atoms with Crippen LogP contribution in [0.15, 0.2) is 18.2 Å². The average Bonchev–Trinajstić information content (AvgIpc) is 2.35. The van der Waals surface area contributed by atoms with Gasteiger partial charge in [0, 0.05) is 18.2 Å². The molecule has 1 rings (SSSR count). The molecule has 18 heavy (non-hydrogen) atoms. The fraction of sp³-hybridized carbons (Fsp3) is 0.571. The number of aliphatic hydroxyl groups excluding tert-OH is 1. The molecule has 0 saturated heterocycles. The maximum atomic E-state index is 13.7. The molecule has 102 valence electrons. The second-order valence-corrected chi connectivity index (χ2v) is 4.27. The van der Waals surface area contributed by atoms with Crippen molar-refractivity contribution in [2.45, 2.75) is 45.3 Å². The molecular formula is C14H20F2O2. The van der Waals surface area contributed by atoms with Crippen LogP contribution in [0.1, 0.15) is 45.3 Å². The number of benzene rings is 1. The molecule has 0 fully saturated rings. The molecule has 1 unspecified atom stereocenters. The molecule has 1 aromatic carbocycles. The van der Waals surface area contributed by atoms with Gasteiger partial charge >= 0.3 is 0 Å². The van der Waals surface area contributed by atoms with E-state index in [1.54, 1.807) is 0 Å². The Balaban J connectivity index is 3.12. The van der Waals surface area contributed by atoms with E-state index in [1.807, 2.05) is 20.8 Å². The predicted molar refractivity (Wildman–Crippen MR) is 66.3 cm³/mol. The molecule has 0 saturated carbocycles. The summed E-state index contributed by atoms with van der Waals surface area (Å²) >= 11 is 0. The second-order valence-electron chi connectivity index (χ2n) is 4.27. The van der Waals surface area contributed by atoms with Crippen LogP contribution < -0.4 is 0 Å². The van der Waals surface area contributed by atoms with E-state index in [1.165, 1.54) is 6.07 Å². The fourth-order valence-corrected chi connectivity index (χ4v) is 2.21. The topological polar surface area (TPSA) is 29.5 Å². The highest BCUT2D eigenvalue weighted by Gasteiger charge is 2.37. The van der Waals surface area contributed by atoms with Gasteiger partial charge in [0.2, 0.25) is 0 Å². The Morgan fingerprint density at radius 2 is 1.83 bits per heavy atom. The zero-order valence-corrected chi connectivity index (χ0v) is 11.0. The lowest BCUT2D eigenvalue weighted by Crippen LogP contribution is -2.38. The van der Waals surface area contributed by atoms with E-state index in [-0.39, 0.29) is 5.56 Å². The molecule has 0 aliphatic carbocycles. The highest BCUT2D eigenvalue weighted by atomic mass is 19.1. The van der Waals surface area contributed by atoms with Crippen molar-refractivity contribution >= 4 is 0 Å². The van der Waals surface area contributed by atoms with E-state index in [4.69, 9.17) is 4.74 Å². The van der Waals surface area contributed by atoms with Gasteiger partial charge in [0.15, 0.2) is 0 Å². The van der Waals surface area contributed by atoms with E-state index in [0.29, 0.717) is 19.4 Å². The molecule has 0 bridgehead atoms. The van der Waals surface area contributed by atoms with Crippen molar-refractivity contribution in [3.63, 3.8) is 0 Å². The van der Waals surface area contributed by atoms with Crippen LogP contribution in [-0.4, -0.2) is 17.3 Å². The number of rotatable bonds is 6. The summed E-state index contributed by atoms with van der Waals surface area (Å²) in [6.45, 7) is 6.02. The average molecular weight is 258 g/mol. The van der Waals surface area contributed by atoms with E-state index in [9.17, 15) is 13.9 Å². The molecule has 1 aromatic rings. The molecular weight excluding hydrogens is 238 g/mol. The number of hydrogen-bond donors (Lipinski definition) is 1. The molecule has 0 spiro atoms. The van der Waals surface area contributed by atoms with E-state index < -0.39 is 23.3 Å². The van der Waals surface area contributed by atoms with E-state index in [2.05, 4.69) is 0 Å². The Kier molecular flexibility index (Phi) is 5.23. The number of hydrogen-bond acceptors (Lipinski definition) is 2. The third-order valence-corrected chi connectivity index (χ3v) is 3.38. The Bertz CT molecular complexity index is 389. The standard InChI is InChI=1S/C14H20F2O2/c1-4-14(5-2,18-6-3)13(17)11-8-7-10(15)9-12(11)16/h7-9,13,17H,4-6H2,1-3H3. The van der Waals surface area contributed by atoms with Crippen LogP contribution >= 0.6 is 0 Å². The first kappa shape index (κ1) is 15.1. The van der Waals surface area contributed by atoms with Crippen LogP contribution in [0.5, 0.6) is 0 Å². The van der Waals surface area contributed by atoms with Crippen molar-refractivity contribution in [1.82, 2.24) is 0 Å². The van der Waals surface area contributed by atoms with Crippen molar-refractivity contribution in [2.75, 3.05) is 6.61 Å². The van der Waals surface area contributed by atoms with Crippen LogP contribution in [-0.2, 0) is 4.74 Å². The van der Waals surface area contributed by atoms with Crippen LogP contribution in [0.2, 0.25) is 0 Å². The minimum absolute atomic E-state index is 0.0774. The number of aliphatic hydroxyl groups is 1. The summed E-state index contributed by atoms with van der Waals surface area (Å²) in [5, 5.41) is 10.3. The lowest BCUT2D eigenvalue weighted by molar-refractivity contribution is -0.128. The second kappa shape index (κ2) is 6.25. The Hall–Kier alpha value is -1.00. The maximum Gasteiger partial charge on any atom is 0.132 e. The first-order chi connectivity index (χ1) is 8.50. The first-order valence-corrected chi connectivity index (χ1v) is 6.27. The smallest absolute Gasteiger partial charge is 0.132 e. The number of halogens is 2. The molecule has 0 heterocycles. The van der Waals surface area contributed by atoms with Crippen LogP contribution in [0.25, 0.3) is 0 Å². The summed E-state index contributed by atoms with van der Waals surface area (Å²) in [5.41, 5.74) is -0.749. The van der Waals surface area contributed by atoms with Crippen molar-refractivity contribution in [2.24, 2.45) is 0 Å². The normalized spacial score (nSPS) is 13.7. The third-order valence-electron chi connectivity index (χ3n) is 3.38. The maximum absolute atomic E-state index is 13.7. The fourth-order valence-electron chi connectivity index (χ4n) is 2.21. The Labute approximate surface area is 107 Å². The SMILES string of the molecule is CCOC(CC)(CC)C(O)c1ccc(F)cc1F. The first-order valence-electron chi connectivity index (χ1n) is 6.27. The van der Waals surface area contributed by atoms with Gasteiger partial charge in [-0.3, -0.25) is 0 Å². The largest absolute Gasteiger partial charge is 0.385 e. The quantitative estimate of drug-likeness (QED) is 0.845. The highest BCUT2D eigenvalue weighted by molar-refractivity contribution is 5.23. The summed E-state index contributed by atoms with van der Waals surface area (Å²) in [6.07, 6.45) is -0.00183. The van der Waals surface area contributed by atoms with Gasteiger partial charge in [0.05, 0.1) is 5.60 Å². The van der Waals surface area contributed by atoms with Crippen LogP contribution in [0.3, 0.4) is 0 Å². The zero-order valence-electron chi connectivity index (χ0n) is 11.0. The highest BCUT2D eigenvalue weighted by Crippen LogP contribution is 2.36. The van der Waals surface area contributed by atoms with Gasteiger partial charge in [-0.15, -0.1) is 0 Å². The van der Waals surface area contributed by atoms with E-state index >= 15 is 0 Å². The van der Waals surface area contributed by atoms with Gasteiger partial charge in [-0.05, 0) is 25.8 Å². The predicted octanol–water partition coefficient (Wildman–Crippen LogP) is 3.59. The molecule has 0 aliphatic rings. The summed E-state index contributed by atoms with van der Waals surface area (Å²) in [5.74, 6) is -1.40. The van der Waals surface area contributed by atoms with Gasteiger partial charge in [0.25, 0.3) is 0 Å². The summed E-state index contributed by atoms with van der Waals surface area (Å²) in [4.78, 5) is 0. The van der Waals surface area contributed by atoms with Gasteiger partial charge in [-0.2, -0.15) is 0 Å². The van der Waals surface area contributed by atoms with Gasteiger partial charge < -0.3 is 9.84 Å². The Morgan fingerprint density at radius 1 is 1.22 bits per heavy atom. The van der Waals surface area contributed by atoms with Crippen molar-refractivity contribution in [1.29, 1.82) is 0 Å². The monoisotopic (exact) mass is 258 g/mol. The lowest BCUT2D eigenvalue weighted by Gasteiger charge is -2.36. The molecule has 0 aliphatic heterocycles. The van der Waals surface area contributed by atoms with Crippen molar-refractivity contribution in [3.8, 4) is 0 Å². The summed E-state index contributed by atoms with van der Waals surface area (Å²) in [6, 6.07) is 3.19. The minimum Gasteiger partial charge on any atom is -0.385 e. The number of ether oxygens (including phenoxy) is 1. The van der Waals surface area contributed by atoms with Crippen LogP contribution in [0, 0.1) is 11.6 Å². The molecule has 1 atom stereocenters. The van der Waals surface area contributed by atoms with Gasteiger partial charge in [0.1, 0.15) is 17.7 Å². The molecule has 4 heteroatoms. The molecule has 0 amide bonds. The van der Waals surface area contributed by atoms with Gasteiger partial charge in [-0.1, -0.05) is 19.9 Å². The van der Waals surface area contributed by atoms with E-state index in [0.717, 1.165) is 12.1 Å². The van der Waals surface area contributed by atoms with Crippen molar-refractivity contribution in [3.05, 3.63) is 35.4 Å². The molecule has 1 N–H and O–H groups in total. The minimum atomic E-state index is -1.10. The Morgan fingerprint density at radius 3 is 2.28 bits per heavy atom. The summed E-state index contributed by atoms with van der Waals surface area (Å²) < 4.78 is 32.2. The molecule has 0 radical (unpaired) electrons. The molecule has 0 aromatic heterocycles.